The van der Waals surface area contributed by atoms with Crippen molar-refractivity contribution in [2.75, 3.05) is 32.7 Å². The predicted octanol–water partition coefficient (Wildman–Crippen LogP) is 0.318. The Balaban J connectivity index is 4.08. The summed E-state index contributed by atoms with van der Waals surface area (Å²) < 4.78 is 31.5. The van der Waals surface area contributed by atoms with Gasteiger partial charge in [-0.2, -0.15) is 0 Å². The molecular formula is C10H20O6S. The quantitative estimate of drug-likeness (QED) is 0.606. The first kappa shape index (κ1) is 16.3. The van der Waals surface area contributed by atoms with E-state index in [4.69, 9.17) is 14.6 Å². The first-order valence-corrected chi connectivity index (χ1v) is 6.93. The zero-order valence-corrected chi connectivity index (χ0v) is 11.2. The smallest absolute Gasteiger partial charge is 0.324 e. The van der Waals surface area contributed by atoms with E-state index in [0.717, 1.165) is 0 Å². The van der Waals surface area contributed by atoms with Crippen molar-refractivity contribution >= 4 is 15.8 Å². The topological polar surface area (TPSA) is 89.9 Å². The molecule has 0 atom stereocenters. The lowest BCUT2D eigenvalue weighted by Crippen LogP contribution is -2.42. The van der Waals surface area contributed by atoms with Gasteiger partial charge >= 0.3 is 5.97 Å². The molecule has 1 N–H and O–H groups in total. The second-order valence-electron chi connectivity index (χ2n) is 4.09. The molecule has 0 aliphatic rings. The minimum absolute atomic E-state index is 0.00274. The molecule has 7 heteroatoms. The van der Waals surface area contributed by atoms with Gasteiger partial charge in [0.15, 0.2) is 14.6 Å². The molecule has 0 bridgehead atoms. The fourth-order valence-corrected chi connectivity index (χ4v) is 2.08. The summed E-state index contributed by atoms with van der Waals surface area (Å²) in [5, 5.41) is 8.81. The van der Waals surface area contributed by atoms with E-state index in [-0.39, 0.29) is 12.4 Å². The van der Waals surface area contributed by atoms with E-state index in [0.29, 0.717) is 19.6 Å². The van der Waals surface area contributed by atoms with Gasteiger partial charge in [-0.3, -0.25) is 4.79 Å². The maximum atomic E-state index is 11.7. The lowest BCUT2D eigenvalue weighted by atomic mass is 10.2. The summed E-state index contributed by atoms with van der Waals surface area (Å²) >= 11 is 0. The molecular weight excluding hydrogens is 248 g/mol. The number of hydrogen-bond donors (Lipinski definition) is 1. The summed E-state index contributed by atoms with van der Waals surface area (Å²) in [5.74, 6) is -1.64. The zero-order chi connectivity index (χ0) is 13.5. The van der Waals surface area contributed by atoms with E-state index in [2.05, 4.69) is 0 Å². The average molecular weight is 268 g/mol. The minimum Gasteiger partial charge on any atom is -0.480 e. The van der Waals surface area contributed by atoms with Crippen LogP contribution in [0.4, 0.5) is 0 Å². The van der Waals surface area contributed by atoms with E-state index >= 15 is 0 Å². The van der Waals surface area contributed by atoms with Crippen LogP contribution in [0.15, 0.2) is 0 Å². The van der Waals surface area contributed by atoms with Crippen molar-refractivity contribution in [2.45, 2.75) is 25.0 Å². The van der Waals surface area contributed by atoms with Gasteiger partial charge in [-0.15, -0.1) is 0 Å². The number of carbonyl (C=O) groups is 1. The molecule has 0 aliphatic heterocycles. The largest absolute Gasteiger partial charge is 0.480 e. The second-order valence-corrected chi connectivity index (χ2v) is 6.75. The number of sulfone groups is 1. The number of ether oxygens (including phenoxy) is 2. The average Bonchev–Trinajstić information content (AvgIpc) is 2.22. The van der Waals surface area contributed by atoms with E-state index in [1.165, 1.54) is 13.8 Å². The summed E-state index contributed by atoms with van der Waals surface area (Å²) in [6.07, 6.45) is 0.679. The summed E-state index contributed by atoms with van der Waals surface area (Å²) in [4.78, 5) is 10.8. The maximum absolute atomic E-state index is 11.7. The van der Waals surface area contributed by atoms with Gasteiger partial charge in [0.25, 0.3) is 0 Å². The molecule has 0 fully saturated rings. The van der Waals surface area contributed by atoms with Crippen molar-refractivity contribution in [1.29, 1.82) is 0 Å². The first-order valence-electron chi connectivity index (χ1n) is 5.28. The lowest BCUT2D eigenvalue weighted by molar-refractivity contribution is -0.139. The van der Waals surface area contributed by atoms with Crippen molar-refractivity contribution in [3.05, 3.63) is 0 Å². The fourth-order valence-electron chi connectivity index (χ4n) is 0.964. The van der Waals surface area contributed by atoms with Gasteiger partial charge in [0, 0.05) is 20.3 Å². The Kier molecular flexibility index (Phi) is 6.66. The van der Waals surface area contributed by atoms with Gasteiger partial charge in [-0.1, -0.05) is 0 Å². The highest BCUT2D eigenvalue weighted by molar-refractivity contribution is 7.93. The van der Waals surface area contributed by atoms with Crippen LogP contribution in [0, 0.1) is 0 Å². The molecule has 17 heavy (non-hydrogen) atoms. The molecule has 6 nitrogen and oxygen atoms in total. The number of rotatable bonds is 9. The highest BCUT2D eigenvalue weighted by Crippen LogP contribution is 2.17. The third-order valence-corrected chi connectivity index (χ3v) is 4.86. The van der Waals surface area contributed by atoms with E-state index < -0.39 is 20.6 Å². The van der Waals surface area contributed by atoms with Crippen LogP contribution in [-0.4, -0.2) is 56.9 Å². The number of aliphatic carboxylic acids is 1. The van der Waals surface area contributed by atoms with Crippen molar-refractivity contribution in [1.82, 2.24) is 0 Å². The van der Waals surface area contributed by atoms with Crippen LogP contribution in [0.25, 0.3) is 0 Å². The summed E-state index contributed by atoms with van der Waals surface area (Å²) in [7, 11) is -2.14. The van der Waals surface area contributed by atoms with Crippen LogP contribution in [0.2, 0.25) is 0 Å². The number of methoxy groups -OCH3 is 1. The molecule has 0 spiro atoms. The Morgan fingerprint density at radius 1 is 1.24 bits per heavy atom. The van der Waals surface area contributed by atoms with Gasteiger partial charge in [0.2, 0.25) is 0 Å². The molecule has 102 valence electrons. The zero-order valence-electron chi connectivity index (χ0n) is 10.4. The van der Waals surface area contributed by atoms with Crippen molar-refractivity contribution < 1.29 is 27.8 Å². The number of hydrogen-bond acceptors (Lipinski definition) is 5. The Hall–Kier alpha value is -0.660. The van der Waals surface area contributed by atoms with Crippen LogP contribution in [0.5, 0.6) is 0 Å². The molecule has 0 saturated carbocycles. The Morgan fingerprint density at radius 3 is 2.29 bits per heavy atom. The van der Waals surface area contributed by atoms with E-state index in [9.17, 15) is 13.2 Å². The Labute approximate surface area is 102 Å². The van der Waals surface area contributed by atoms with Crippen molar-refractivity contribution in [3.8, 4) is 0 Å². The SMILES string of the molecule is COCCCOCCS(=O)(=O)C(C)(C)C(=O)O. The Bertz CT molecular complexity index is 333. The van der Waals surface area contributed by atoms with E-state index in [1.54, 1.807) is 7.11 Å². The molecule has 0 aromatic carbocycles. The summed E-state index contributed by atoms with van der Waals surface area (Å²) in [6.45, 7) is 3.30. The second kappa shape index (κ2) is 6.93. The fraction of sp³-hybridized carbons (Fsp3) is 0.900. The Morgan fingerprint density at radius 2 is 1.82 bits per heavy atom. The van der Waals surface area contributed by atoms with Gasteiger partial charge < -0.3 is 14.6 Å². The summed E-state index contributed by atoms with van der Waals surface area (Å²) in [5.41, 5.74) is 0. The molecule has 0 rings (SSSR count). The van der Waals surface area contributed by atoms with Crippen LogP contribution >= 0.6 is 0 Å². The van der Waals surface area contributed by atoms with Crippen LogP contribution in [0.3, 0.4) is 0 Å². The highest BCUT2D eigenvalue weighted by Gasteiger charge is 2.41. The molecule has 0 aromatic rings. The molecule has 0 radical (unpaired) electrons. The third kappa shape index (κ3) is 5.01. The molecule has 0 saturated heterocycles. The lowest BCUT2D eigenvalue weighted by Gasteiger charge is -2.19. The summed E-state index contributed by atoms with van der Waals surface area (Å²) in [6, 6.07) is 0. The van der Waals surface area contributed by atoms with Crippen LogP contribution in [0.1, 0.15) is 20.3 Å². The number of carboxylic acids is 1. The van der Waals surface area contributed by atoms with Crippen molar-refractivity contribution in [2.24, 2.45) is 0 Å². The number of carboxylic acid groups (broad SMARTS) is 1. The first-order chi connectivity index (χ1) is 7.75. The van der Waals surface area contributed by atoms with Gasteiger partial charge in [0.1, 0.15) is 0 Å². The minimum atomic E-state index is -3.71. The molecule has 0 aromatic heterocycles. The standard InChI is InChI=1S/C10H20O6S/c1-10(2,9(11)12)17(13,14)8-7-16-6-4-5-15-3/h4-8H2,1-3H3,(H,11,12). The van der Waals surface area contributed by atoms with Crippen LogP contribution < -0.4 is 0 Å². The molecule has 0 unspecified atom stereocenters. The molecule has 0 aliphatic carbocycles. The maximum Gasteiger partial charge on any atom is 0.324 e. The highest BCUT2D eigenvalue weighted by atomic mass is 32.2. The van der Waals surface area contributed by atoms with Crippen LogP contribution in [-0.2, 0) is 24.1 Å². The molecule has 0 heterocycles. The van der Waals surface area contributed by atoms with Gasteiger partial charge in [0.05, 0.1) is 12.4 Å². The third-order valence-electron chi connectivity index (χ3n) is 2.43. The normalized spacial score (nSPS) is 12.6. The van der Waals surface area contributed by atoms with Gasteiger partial charge in [-0.25, -0.2) is 8.42 Å². The van der Waals surface area contributed by atoms with Crippen molar-refractivity contribution in [3.63, 3.8) is 0 Å². The van der Waals surface area contributed by atoms with E-state index in [1.807, 2.05) is 0 Å². The molecule has 0 amide bonds. The monoisotopic (exact) mass is 268 g/mol. The van der Waals surface area contributed by atoms with Gasteiger partial charge in [-0.05, 0) is 20.3 Å². The predicted molar refractivity (Wildman–Crippen MR) is 62.8 cm³/mol.